The van der Waals surface area contributed by atoms with Crippen molar-refractivity contribution in [1.29, 1.82) is 0 Å². The van der Waals surface area contributed by atoms with Crippen molar-refractivity contribution in [3.05, 3.63) is 0 Å². The van der Waals surface area contributed by atoms with Crippen LogP contribution >= 0.6 is 0 Å². The summed E-state index contributed by atoms with van der Waals surface area (Å²) in [6, 6.07) is 0. The summed E-state index contributed by atoms with van der Waals surface area (Å²) in [4.78, 5) is 0. The van der Waals surface area contributed by atoms with E-state index in [-0.39, 0.29) is 22.4 Å². The summed E-state index contributed by atoms with van der Waals surface area (Å²) < 4.78 is 39.3. The third kappa shape index (κ3) is 138. The van der Waals surface area contributed by atoms with Crippen LogP contribution in [0.5, 0.6) is 0 Å². The number of hydrogen-bond donors (Lipinski definition) is 0. The molecule has 0 aromatic rings. The van der Waals surface area contributed by atoms with Gasteiger partial charge in [0, 0.05) is 22.4 Å². The molecule has 0 spiro atoms. The molecule has 0 amide bonds. The van der Waals surface area contributed by atoms with E-state index in [0.29, 0.717) is 0 Å². The molecular formula is AgF4Si. The van der Waals surface area contributed by atoms with Crippen molar-refractivity contribution in [2.75, 3.05) is 0 Å². The molecule has 0 atom stereocenters. The van der Waals surface area contributed by atoms with Crippen LogP contribution in [0, 0.1) is 0 Å². The van der Waals surface area contributed by atoms with E-state index in [1.54, 1.807) is 0 Å². The SMILES string of the molecule is F[Si](F)(F)F.[Ag]. The first-order valence-corrected chi connectivity index (χ1v) is 2.27. The molecule has 0 saturated heterocycles. The van der Waals surface area contributed by atoms with Gasteiger partial charge in [-0.2, -0.15) is 0 Å². The predicted octanol–water partition coefficient (Wildman–Crippen LogP) is 1.30. The Labute approximate surface area is 48.7 Å². The molecule has 0 bridgehead atoms. The van der Waals surface area contributed by atoms with E-state index in [0.717, 1.165) is 0 Å². The summed E-state index contributed by atoms with van der Waals surface area (Å²) in [5.41, 5.74) is 0. The predicted molar refractivity (Wildman–Crippen MR) is 10.2 cm³/mol. The van der Waals surface area contributed by atoms with Crippen LogP contribution in [0.25, 0.3) is 0 Å². The smallest absolute Gasteiger partial charge is 0.211 e. The van der Waals surface area contributed by atoms with Crippen molar-refractivity contribution in [1.82, 2.24) is 0 Å². The Hall–Kier alpha value is 0.677. The normalized spacial score (nSPS) is 10.0. The molecule has 0 saturated carbocycles. The molecule has 0 aliphatic heterocycles. The van der Waals surface area contributed by atoms with Crippen molar-refractivity contribution in [2.24, 2.45) is 0 Å². The van der Waals surface area contributed by atoms with Crippen molar-refractivity contribution in [2.45, 2.75) is 0 Å². The fourth-order valence-electron chi connectivity index (χ4n) is 0. The van der Waals surface area contributed by atoms with E-state index >= 15 is 0 Å². The minimum absolute atomic E-state index is 0. The van der Waals surface area contributed by atoms with Gasteiger partial charge in [-0.1, -0.05) is 0 Å². The largest absolute Gasteiger partial charge is 0.844 e. The maximum absolute atomic E-state index is 9.83. The zero-order chi connectivity index (χ0) is 4.50. The summed E-state index contributed by atoms with van der Waals surface area (Å²) in [5, 5.41) is 0. The third-order valence-electron chi connectivity index (χ3n) is 0. The van der Waals surface area contributed by atoms with Gasteiger partial charge in [0.2, 0.25) is 0 Å². The van der Waals surface area contributed by atoms with E-state index in [1.807, 2.05) is 0 Å². The Morgan fingerprint density at radius 1 is 0.833 bits per heavy atom. The first-order valence-electron chi connectivity index (χ1n) is 0.756. The van der Waals surface area contributed by atoms with Gasteiger partial charge in [0.1, 0.15) is 0 Å². The number of rotatable bonds is 0. The van der Waals surface area contributed by atoms with Gasteiger partial charge >= 0.3 is 9.41 Å². The zero-order valence-corrected chi connectivity index (χ0v) is 4.80. The van der Waals surface area contributed by atoms with Crippen LogP contribution in [0.3, 0.4) is 0 Å². The first kappa shape index (κ1) is 9.84. The molecule has 0 N–H and O–H groups in total. The Balaban J connectivity index is 0. The molecule has 0 fully saturated rings. The van der Waals surface area contributed by atoms with Crippen LogP contribution in [-0.4, -0.2) is 9.41 Å². The Bertz CT molecular complexity index is 23.0. The maximum atomic E-state index is 9.83. The van der Waals surface area contributed by atoms with Crippen molar-refractivity contribution < 1.29 is 38.8 Å². The van der Waals surface area contributed by atoms with Gasteiger partial charge in [0.15, 0.2) is 0 Å². The third-order valence-corrected chi connectivity index (χ3v) is 0. The molecule has 6 heteroatoms. The van der Waals surface area contributed by atoms with E-state index in [4.69, 9.17) is 0 Å². The van der Waals surface area contributed by atoms with Crippen LogP contribution in [-0.2, 0) is 22.4 Å². The molecule has 0 aliphatic rings. The molecule has 1 radical (unpaired) electrons. The molecule has 0 rings (SSSR count). The van der Waals surface area contributed by atoms with Gasteiger partial charge in [-0.05, 0) is 0 Å². The fourth-order valence-corrected chi connectivity index (χ4v) is 0. The van der Waals surface area contributed by atoms with E-state index in [9.17, 15) is 16.4 Å². The molecule has 0 unspecified atom stereocenters. The van der Waals surface area contributed by atoms with Crippen molar-refractivity contribution >= 4 is 9.41 Å². The zero-order valence-electron chi connectivity index (χ0n) is 2.31. The Morgan fingerprint density at radius 3 is 0.833 bits per heavy atom. The summed E-state index contributed by atoms with van der Waals surface area (Å²) in [7, 11) is -6.61. The van der Waals surface area contributed by atoms with Crippen LogP contribution < -0.4 is 0 Å². The van der Waals surface area contributed by atoms with Gasteiger partial charge in [-0.3, -0.25) is 0 Å². The van der Waals surface area contributed by atoms with Gasteiger partial charge < -0.3 is 0 Å². The molecule has 0 aromatic heterocycles. The Kier molecular flexibility index (Phi) is 4.57. The maximum Gasteiger partial charge on any atom is 0.844 e. The first-order chi connectivity index (χ1) is 2.00. The van der Waals surface area contributed by atoms with Crippen LogP contribution in [0.1, 0.15) is 0 Å². The molecule has 43 valence electrons. The monoisotopic (exact) mass is 211 g/mol. The van der Waals surface area contributed by atoms with Crippen LogP contribution in [0.2, 0.25) is 0 Å². The van der Waals surface area contributed by atoms with Gasteiger partial charge in [0.25, 0.3) is 0 Å². The van der Waals surface area contributed by atoms with E-state index in [2.05, 4.69) is 0 Å². The number of hydrogen-bond acceptors (Lipinski definition) is 0. The summed E-state index contributed by atoms with van der Waals surface area (Å²) in [5.74, 6) is 0. The number of halogens is 4. The van der Waals surface area contributed by atoms with Gasteiger partial charge in [0.05, 0.1) is 0 Å². The minimum atomic E-state index is -6.61. The second-order valence-corrected chi connectivity index (χ2v) is 1.29. The molecule has 0 nitrogen and oxygen atoms in total. The molecular weight excluding hydrogens is 212 g/mol. The molecule has 0 aromatic carbocycles. The van der Waals surface area contributed by atoms with Gasteiger partial charge in [-0.15, -0.1) is 0 Å². The average Bonchev–Trinajstić information content (AvgIpc) is 0.722. The summed E-state index contributed by atoms with van der Waals surface area (Å²) >= 11 is 0. The molecule has 0 heterocycles. The van der Waals surface area contributed by atoms with E-state index < -0.39 is 9.41 Å². The summed E-state index contributed by atoms with van der Waals surface area (Å²) in [6.07, 6.45) is 0. The average molecular weight is 212 g/mol. The second kappa shape index (κ2) is 2.79. The van der Waals surface area contributed by atoms with Crippen LogP contribution in [0.4, 0.5) is 16.4 Å². The fraction of sp³-hybridized carbons (Fsp3) is 0. The van der Waals surface area contributed by atoms with E-state index in [1.165, 1.54) is 0 Å². The quantitative estimate of drug-likeness (QED) is 0.322. The van der Waals surface area contributed by atoms with Gasteiger partial charge in [-0.25, -0.2) is 16.4 Å². The second-order valence-electron chi connectivity index (χ2n) is 0.429. The van der Waals surface area contributed by atoms with Crippen LogP contribution in [0.15, 0.2) is 0 Å². The standard InChI is InChI=1S/Ag.F4Si/c;1-5(2,3)4. The van der Waals surface area contributed by atoms with Crippen molar-refractivity contribution in [3.8, 4) is 0 Å². The molecule has 0 aliphatic carbocycles. The summed E-state index contributed by atoms with van der Waals surface area (Å²) in [6.45, 7) is 0. The topological polar surface area (TPSA) is 0 Å². The van der Waals surface area contributed by atoms with Crippen molar-refractivity contribution in [3.63, 3.8) is 0 Å². The molecule has 6 heavy (non-hydrogen) atoms. The minimum Gasteiger partial charge on any atom is -0.211 e. The Morgan fingerprint density at radius 2 is 0.833 bits per heavy atom.